The first-order valence-electron chi connectivity index (χ1n) is 9.17. The van der Waals surface area contributed by atoms with Crippen molar-refractivity contribution in [3.63, 3.8) is 0 Å². The lowest BCUT2D eigenvalue weighted by Gasteiger charge is -1.99. The highest BCUT2D eigenvalue weighted by molar-refractivity contribution is 7.99. The molecule has 158 valence electrons. The van der Waals surface area contributed by atoms with Crippen LogP contribution in [0, 0.1) is 0 Å². The van der Waals surface area contributed by atoms with Gasteiger partial charge in [-0.25, -0.2) is 19.6 Å². The van der Waals surface area contributed by atoms with Gasteiger partial charge in [-0.15, -0.1) is 0 Å². The highest BCUT2D eigenvalue weighted by Crippen LogP contribution is 2.28. The first kappa shape index (κ1) is 20.9. The van der Waals surface area contributed by atoms with Crippen molar-refractivity contribution < 1.29 is 24.6 Å². The Kier molecular flexibility index (Phi) is 5.52. The van der Waals surface area contributed by atoms with E-state index in [2.05, 4.69) is 32.6 Å². The maximum Gasteiger partial charge on any atom is 0.339 e. The number of hydrogen-bond donors (Lipinski definition) is 4. The van der Waals surface area contributed by atoms with Crippen LogP contribution in [0.1, 0.15) is 11.4 Å². The van der Waals surface area contributed by atoms with Gasteiger partial charge in [-0.05, 0) is 54.7 Å². The molecule has 0 amide bonds. The molecule has 0 unspecified atom stereocenters. The lowest BCUT2D eigenvalue weighted by molar-refractivity contribution is -0.135. The average Bonchev–Trinajstić information content (AvgIpc) is 3.50. The van der Waals surface area contributed by atoms with Crippen LogP contribution in [0.2, 0.25) is 0 Å². The summed E-state index contributed by atoms with van der Waals surface area (Å²) < 4.78 is 0. The molecular formula is C22H14N4O5S. The fourth-order valence-electron chi connectivity index (χ4n) is 3.17. The molecule has 0 aliphatic carbocycles. The van der Waals surface area contributed by atoms with Gasteiger partial charge in [0.2, 0.25) is 5.12 Å². The molecule has 1 aromatic heterocycles. The van der Waals surface area contributed by atoms with Crippen LogP contribution in [0.4, 0.5) is 0 Å². The van der Waals surface area contributed by atoms with Crippen molar-refractivity contribution in [2.45, 2.75) is 0 Å². The zero-order valence-electron chi connectivity index (χ0n) is 16.2. The molecule has 4 heterocycles. The van der Waals surface area contributed by atoms with Crippen molar-refractivity contribution in [1.29, 1.82) is 0 Å². The number of carbonyl (C=O) groups is 3. The number of aliphatic imine (C=N–C) groups is 3. The van der Waals surface area contributed by atoms with Gasteiger partial charge in [0.05, 0.1) is 22.8 Å². The molecule has 3 aliphatic rings. The van der Waals surface area contributed by atoms with E-state index >= 15 is 0 Å². The second-order valence-corrected chi connectivity index (χ2v) is 7.08. The number of aliphatic carboxylic acids is 2. The molecule has 32 heavy (non-hydrogen) atoms. The Balaban J connectivity index is 1.62. The molecule has 10 heteroatoms. The molecule has 0 aromatic carbocycles. The van der Waals surface area contributed by atoms with Crippen molar-refractivity contribution in [3.05, 3.63) is 82.1 Å². The summed E-state index contributed by atoms with van der Waals surface area (Å²) in [6, 6.07) is 3.77. The van der Waals surface area contributed by atoms with Crippen molar-refractivity contribution in [1.82, 2.24) is 4.98 Å². The quantitative estimate of drug-likeness (QED) is 0.497. The first-order chi connectivity index (χ1) is 15.3. The highest BCUT2D eigenvalue weighted by Gasteiger charge is 2.35. The smallest absolute Gasteiger partial charge is 0.339 e. The molecule has 0 radical (unpaired) electrons. The van der Waals surface area contributed by atoms with Crippen LogP contribution in [0.25, 0.3) is 12.2 Å². The third-order valence-electron chi connectivity index (χ3n) is 4.49. The lowest BCUT2D eigenvalue weighted by Crippen LogP contribution is -2.18. The summed E-state index contributed by atoms with van der Waals surface area (Å²) in [6.45, 7) is 0. The third-order valence-corrected chi connectivity index (χ3v) is 4.70. The Hall–Kier alpha value is -4.31. The Labute approximate surface area is 186 Å². The lowest BCUT2D eigenvalue weighted by atomic mass is 10.0. The summed E-state index contributed by atoms with van der Waals surface area (Å²) in [5.74, 6) is -3.09. The topological polar surface area (TPSA) is 145 Å². The van der Waals surface area contributed by atoms with E-state index in [-0.39, 0.29) is 5.70 Å². The van der Waals surface area contributed by atoms with E-state index < -0.39 is 33.9 Å². The molecule has 3 aliphatic heterocycles. The van der Waals surface area contributed by atoms with Crippen molar-refractivity contribution in [3.8, 4) is 0 Å². The van der Waals surface area contributed by atoms with Gasteiger partial charge in [0.25, 0.3) is 0 Å². The van der Waals surface area contributed by atoms with Crippen molar-refractivity contribution in [2.24, 2.45) is 15.0 Å². The van der Waals surface area contributed by atoms with Gasteiger partial charge in [-0.1, -0.05) is 12.6 Å². The summed E-state index contributed by atoms with van der Waals surface area (Å²) >= 11 is 3.59. The molecule has 0 spiro atoms. The molecule has 0 fully saturated rings. The normalized spacial score (nSPS) is 20.7. The molecule has 9 nitrogen and oxygen atoms in total. The predicted octanol–water partition coefficient (Wildman–Crippen LogP) is 2.61. The number of carboxylic acid groups (broad SMARTS) is 2. The van der Waals surface area contributed by atoms with Crippen LogP contribution in [-0.4, -0.2) is 49.9 Å². The van der Waals surface area contributed by atoms with E-state index in [1.807, 2.05) is 30.4 Å². The van der Waals surface area contributed by atoms with Crippen LogP contribution in [0.15, 0.2) is 85.7 Å². The van der Waals surface area contributed by atoms with Gasteiger partial charge < -0.3 is 15.2 Å². The molecule has 0 atom stereocenters. The minimum absolute atomic E-state index is 0.184. The number of aromatic amines is 1. The van der Waals surface area contributed by atoms with Crippen LogP contribution in [0.3, 0.4) is 0 Å². The van der Waals surface area contributed by atoms with Gasteiger partial charge in [-0.2, -0.15) is 0 Å². The van der Waals surface area contributed by atoms with E-state index in [4.69, 9.17) is 0 Å². The van der Waals surface area contributed by atoms with E-state index in [0.717, 1.165) is 17.1 Å². The molecule has 0 saturated carbocycles. The number of hydrogen-bond acceptors (Lipinski definition) is 6. The SMILES string of the molecule is O=C(O)C1=C(C(=O)O)C(C(=O)S)=NC1=CC1=NC(=Cc2ccc(C=C3C=CC=N3)[nH]2)C=C1. The van der Waals surface area contributed by atoms with Crippen LogP contribution in [0.5, 0.6) is 0 Å². The molecule has 0 bridgehead atoms. The average molecular weight is 446 g/mol. The maximum absolute atomic E-state index is 11.6. The summed E-state index contributed by atoms with van der Waals surface area (Å²) in [5.41, 5.74) is 1.43. The van der Waals surface area contributed by atoms with Crippen LogP contribution < -0.4 is 0 Å². The summed E-state index contributed by atoms with van der Waals surface area (Å²) in [5, 5.41) is 17.9. The van der Waals surface area contributed by atoms with Gasteiger partial charge >= 0.3 is 11.9 Å². The predicted molar refractivity (Wildman–Crippen MR) is 123 cm³/mol. The highest BCUT2D eigenvalue weighted by atomic mass is 32.1. The van der Waals surface area contributed by atoms with Gasteiger partial charge in [0, 0.05) is 17.6 Å². The summed E-state index contributed by atoms with van der Waals surface area (Å²) in [7, 11) is 0. The van der Waals surface area contributed by atoms with Gasteiger partial charge in [0.1, 0.15) is 16.9 Å². The van der Waals surface area contributed by atoms with Crippen molar-refractivity contribution in [2.75, 3.05) is 0 Å². The minimum atomic E-state index is -1.58. The molecule has 3 N–H and O–H groups in total. The number of carboxylic acids is 2. The van der Waals surface area contributed by atoms with Crippen LogP contribution in [-0.2, 0) is 14.4 Å². The number of thiol groups is 1. The maximum atomic E-state index is 11.6. The molecule has 1 aromatic rings. The number of H-pyrrole nitrogens is 1. The monoisotopic (exact) mass is 446 g/mol. The fraction of sp³-hybridized carbons (Fsp3) is 0. The molecular weight excluding hydrogens is 432 g/mol. The Morgan fingerprint density at radius 2 is 1.56 bits per heavy atom. The number of aromatic nitrogens is 1. The van der Waals surface area contributed by atoms with Gasteiger partial charge in [0.15, 0.2) is 0 Å². The van der Waals surface area contributed by atoms with E-state index in [1.54, 1.807) is 24.4 Å². The van der Waals surface area contributed by atoms with E-state index in [9.17, 15) is 24.6 Å². The number of nitrogens with zero attached hydrogens (tertiary/aromatic N) is 3. The summed E-state index contributed by atoms with van der Waals surface area (Å²) in [6.07, 6.45) is 13.8. The largest absolute Gasteiger partial charge is 0.478 e. The summed E-state index contributed by atoms with van der Waals surface area (Å²) in [4.78, 5) is 50.4. The number of carbonyl (C=O) groups excluding carboxylic acids is 1. The zero-order valence-corrected chi connectivity index (χ0v) is 17.1. The molecule has 4 rings (SSSR count). The third kappa shape index (κ3) is 4.25. The van der Waals surface area contributed by atoms with E-state index in [1.165, 1.54) is 6.08 Å². The minimum Gasteiger partial charge on any atom is -0.478 e. The Morgan fingerprint density at radius 1 is 0.875 bits per heavy atom. The second-order valence-electron chi connectivity index (χ2n) is 6.67. The second kappa shape index (κ2) is 8.44. The standard InChI is InChI=1S/C22H14N4O5S/c27-20(28)17-16(26-19(22(31)32)18(17)21(29)30)10-15-6-5-14(25-15)9-13-4-3-12(24-13)8-11-2-1-7-23-11/h1-10,24H,(H,27,28)(H,29,30)(H,31,32). The number of allylic oxidation sites excluding steroid dienone is 5. The fourth-order valence-corrected chi connectivity index (χ4v) is 3.34. The number of rotatable bonds is 6. The first-order valence-corrected chi connectivity index (χ1v) is 9.62. The number of nitrogens with one attached hydrogen (secondary N) is 1. The Morgan fingerprint density at radius 3 is 2.16 bits per heavy atom. The zero-order chi connectivity index (χ0) is 22.8. The van der Waals surface area contributed by atoms with E-state index in [0.29, 0.717) is 11.4 Å². The molecule has 0 saturated heterocycles. The van der Waals surface area contributed by atoms with Crippen molar-refractivity contribution >= 4 is 59.5 Å². The van der Waals surface area contributed by atoms with Gasteiger partial charge in [-0.3, -0.25) is 9.79 Å². The van der Waals surface area contributed by atoms with Crippen LogP contribution >= 0.6 is 12.6 Å². The Bertz CT molecular complexity index is 1330.